The Hall–Kier alpha value is -1.66. The Morgan fingerprint density at radius 3 is 1.06 bits per heavy atom. The Labute approximate surface area is 418 Å². The summed E-state index contributed by atoms with van der Waals surface area (Å²) >= 11 is 0. The van der Waals surface area contributed by atoms with Crippen LogP contribution in [0, 0.1) is 0 Å². The Morgan fingerprint density at radius 1 is 0.403 bits per heavy atom. The first-order valence-electron chi connectivity index (χ1n) is 30.1. The second-order valence-corrected chi connectivity index (χ2v) is 20.7. The van der Waals surface area contributed by atoms with Gasteiger partial charge in [0, 0.05) is 12.8 Å². The summed E-state index contributed by atoms with van der Waals surface area (Å²) < 4.78 is 5.48. The zero-order valence-corrected chi connectivity index (χ0v) is 45.1. The third-order valence-electron chi connectivity index (χ3n) is 14.0. The number of hydrogen-bond acceptors (Lipinski definition) is 5. The first-order chi connectivity index (χ1) is 33.0. The number of esters is 1. The summed E-state index contributed by atoms with van der Waals surface area (Å²) in [5.41, 5.74) is 0. The summed E-state index contributed by atoms with van der Waals surface area (Å²) in [6, 6.07) is -0.552. The first-order valence-corrected chi connectivity index (χ1v) is 30.1. The fourth-order valence-corrected chi connectivity index (χ4v) is 9.34. The number of amides is 1. The van der Waals surface area contributed by atoms with Crippen molar-refractivity contribution in [3.05, 3.63) is 24.3 Å². The predicted molar refractivity (Wildman–Crippen MR) is 292 cm³/mol. The Balaban J connectivity index is 3.44. The molecule has 0 aliphatic heterocycles. The fourth-order valence-electron chi connectivity index (χ4n) is 9.34. The zero-order chi connectivity index (χ0) is 48.6. The van der Waals surface area contributed by atoms with Gasteiger partial charge >= 0.3 is 5.97 Å². The quantitative estimate of drug-likeness (QED) is 0.0321. The van der Waals surface area contributed by atoms with E-state index in [4.69, 9.17) is 4.74 Å². The minimum Gasteiger partial charge on any atom is -0.466 e. The maximum atomic E-state index is 12.5. The van der Waals surface area contributed by atoms with Crippen LogP contribution >= 0.6 is 0 Å². The molecule has 0 aromatic rings. The van der Waals surface area contributed by atoms with Crippen LogP contribution in [0.3, 0.4) is 0 Å². The summed E-state index contributed by atoms with van der Waals surface area (Å²) in [7, 11) is 0. The second-order valence-electron chi connectivity index (χ2n) is 20.7. The van der Waals surface area contributed by atoms with Crippen molar-refractivity contribution in [3.63, 3.8) is 0 Å². The van der Waals surface area contributed by atoms with Gasteiger partial charge in [0.1, 0.15) is 0 Å². The molecule has 0 rings (SSSR count). The lowest BCUT2D eigenvalue weighted by molar-refractivity contribution is -0.143. The number of allylic oxidation sites excluding steroid dienone is 4. The molecule has 6 heteroatoms. The van der Waals surface area contributed by atoms with Crippen LogP contribution in [0.2, 0.25) is 0 Å². The summed E-state index contributed by atoms with van der Waals surface area (Å²) in [5, 5.41) is 23.3. The lowest BCUT2D eigenvalue weighted by atomic mass is 10.0. The Bertz CT molecular complexity index is 1040. The summed E-state index contributed by atoms with van der Waals surface area (Å²) in [5.74, 6) is -0.0517. The number of rotatable bonds is 56. The van der Waals surface area contributed by atoms with Crippen LogP contribution in [-0.2, 0) is 14.3 Å². The van der Waals surface area contributed by atoms with Crippen molar-refractivity contribution in [1.29, 1.82) is 0 Å². The van der Waals surface area contributed by atoms with Gasteiger partial charge in [0.25, 0.3) is 0 Å². The maximum Gasteiger partial charge on any atom is 0.305 e. The van der Waals surface area contributed by atoms with E-state index < -0.39 is 12.1 Å². The van der Waals surface area contributed by atoms with E-state index >= 15 is 0 Å². The molecule has 396 valence electrons. The van der Waals surface area contributed by atoms with E-state index in [9.17, 15) is 19.8 Å². The molecule has 2 atom stereocenters. The number of carbonyl (C=O) groups is 2. The highest BCUT2D eigenvalue weighted by atomic mass is 16.5. The van der Waals surface area contributed by atoms with Gasteiger partial charge in [-0.05, 0) is 77.0 Å². The van der Waals surface area contributed by atoms with Crippen molar-refractivity contribution in [2.75, 3.05) is 13.2 Å². The van der Waals surface area contributed by atoms with E-state index in [1.807, 2.05) is 0 Å². The average Bonchev–Trinajstić information content (AvgIpc) is 3.33. The highest BCUT2D eigenvalue weighted by Crippen LogP contribution is 2.17. The third kappa shape index (κ3) is 53.5. The van der Waals surface area contributed by atoms with Gasteiger partial charge < -0.3 is 20.3 Å². The number of unbranched alkanes of at least 4 members (excludes halogenated alkanes) is 41. The van der Waals surface area contributed by atoms with Crippen molar-refractivity contribution in [3.8, 4) is 0 Å². The third-order valence-corrected chi connectivity index (χ3v) is 14.0. The van der Waals surface area contributed by atoms with E-state index in [1.54, 1.807) is 0 Å². The molecule has 2 unspecified atom stereocenters. The van der Waals surface area contributed by atoms with E-state index in [0.717, 1.165) is 57.8 Å². The normalized spacial score (nSPS) is 12.7. The topological polar surface area (TPSA) is 95.9 Å². The van der Waals surface area contributed by atoms with Gasteiger partial charge in [-0.25, -0.2) is 0 Å². The molecule has 0 spiro atoms. The van der Waals surface area contributed by atoms with Crippen LogP contribution in [0.25, 0.3) is 0 Å². The molecular formula is C61H117NO5. The van der Waals surface area contributed by atoms with Gasteiger partial charge in [-0.15, -0.1) is 0 Å². The summed E-state index contributed by atoms with van der Waals surface area (Å²) in [6.45, 7) is 4.95. The Kier molecular flexibility index (Phi) is 55.5. The van der Waals surface area contributed by atoms with Crippen molar-refractivity contribution in [2.24, 2.45) is 0 Å². The van der Waals surface area contributed by atoms with Crippen molar-refractivity contribution in [1.82, 2.24) is 5.32 Å². The van der Waals surface area contributed by atoms with Gasteiger partial charge in [-0.1, -0.05) is 263 Å². The maximum absolute atomic E-state index is 12.5. The van der Waals surface area contributed by atoms with Crippen molar-refractivity contribution in [2.45, 2.75) is 341 Å². The molecule has 0 bridgehead atoms. The van der Waals surface area contributed by atoms with Crippen LogP contribution in [0.5, 0.6) is 0 Å². The van der Waals surface area contributed by atoms with Crippen LogP contribution in [0.15, 0.2) is 24.3 Å². The first kappa shape index (κ1) is 65.3. The summed E-state index contributed by atoms with van der Waals surface area (Å²) in [6.07, 6.45) is 68.9. The monoisotopic (exact) mass is 944 g/mol. The smallest absolute Gasteiger partial charge is 0.305 e. The molecule has 0 aliphatic rings. The highest BCUT2D eigenvalue weighted by Gasteiger charge is 2.20. The zero-order valence-electron chi connectivity index (χ0n) is 45.1. The molecule has 0 fully saturated rings. The number of nitrogens with one attached hydrogen (secondary N) is 1. The molecule has 6 nitrogen and oxygen atoms in total. The number of aliphatic hydroxyl groups excluding tert-OH is 2. The molecule has 1 amide bonds. The SMILES string of the molecule is CCCCCCCCC/C=C\CCCCCCCC(=O)OCCCCCCCCCCC/C=C\CCCCCCCC(=O)NC(CO)C(O)CCCCCCCCCCCCCCCCCC. The molecule has 0 radical (unpaired) electrons. The number of carbonyl (C=O) groups excluding carboxylic acids is 2. The van der Waals surface area contributed by atoms with E-state index in [1.165, 1.54) is 238 Å². The van der Waals surface area contributed by atoms with Crippen molar-refractivity contribution >= 4 is 11.9 Å². The number of aliphatic hydroxyl groups is 2. The van der Waals surface area contributed by atoms with Gasteiger partial charge in [-0.2, -0.15) is 0 Å². The van der Waals surface area contributed by atoms with E-state index in [2.05, 4.69) is 43.5 Å². The minimum atomic E-state index is -0.673. The van der Waals surface area contributed by atoms with Gasteiger partial charge in [-0.3, -0.25) is 9.59 Å². The van der Waals surface area contributed by atoms with Gasteiger partial charge in [0.05, 0.1) is 25.4 Å². The van der Waals surface area contributed by atoms with Crippen LogP contribution in [0.4, 0.5) is 0 Å². The largest absolute Gasteiger partial charge is 0.466 e. The molecule has 0 saturated heterocycles. The molecular weight excluding hydrogens is 827 g/mol. The molecule has 0 saturated carbocycles. The van der Waals surface area contributed by atoms with Crippen LogP contribution < -0.4 is 5.32 Å². The second kappa shape index (κ2) is 56.9. The van der Waals surface area contributed by atoms with Crippen molar-refractivity contribution < 1.29 is 24.5 Å². The molecule has 67 heavy (non-hydrogen) atoms. The molecule has 0 aromatic heterocycles. The fraction of sp³-hybridized carbons (Fsp3) is 0.902. The lowest BCUT2D eigenvalue weighted by Gasteiger charge is -2.22. The van der Waals surface area contributed by atoms with Gasteiger partial charge in [0.2, 0.25) is 5.91 Å². The van der Waals surface area contributed by atoms with Crippen LogP contribution in [-0.4, -0.2) is 47.4 Å². The molecule has 0 aliphatic carbocycles. The average molecular weight is 945 g/mol. The van der Waals surface area contributed by atoms with Gasteiger partial charge in [0.15, 0.2) is 0 Å². The summed E-state index contributed by atoms with van der Waals surface area (Å²) in [4.78, 5) is 24.5. The van der Waals surface area contributed by atoms with E-state index in [0.29, 0.717) is 25.9 Å². The lowest BCUT2D eigenvalue weighted by Crippen LogP contribution is -2.45. The number of ether oxygens (including phenoxy) is 1. The Morgan fingerprint density at radius 2 is 0.701 bits per heavy atom. The van der Waals surface area contributed by atoms with Crippen LogP contribution in [0.1, 0.15) is 328 Å². The minimum absolute atomic E-state index is 0.00401. The highest BCUT2D eigenvalue weighted by molar-refractivity contribution is 5.76. The number of hydrogen-bond donors (Lipinski definition) is 3. The molecule has 0 aromatic carbocycles. The predicted octanol–water partition coefficient (Wildman–Crippen LogP) is 18.6. The molecule has 3 N–H and O–H groups in total. The van der Waals surface area contributed by atoms with E-state index in [-0.39, 0.29) is 18.5 Å². The standard InChI is InChI=1S/C61H117NO5/c1-3-5-7-9-11-13-15-17-19-25-29-33-37-41-45-49-53-59(64)58(57-63)62-60(65)54-50-46-42-38-34-30-26-23-21-22-24-28-32-36-40-44-48-52-56-67-61(66)55-51-47-43-39-35-31-27-20-18-16-14-12-10-8-6-4-2/h20,23,26-27,58-59,63-64H,3-19,21-22,24-25,28-57H2,1-2H3,(H,62,65)/b26-23-,27-20-. The molecule has 0 heterocycles.